The number of aromatic nitrogens is 4. The van der Waals surface area contributed by atoms with Crippen LogP contribution in [-0.2, 0) is 18.4 Å². The van der Waals surface area contributed by atoms with Crippen LogP contribution in [0.15, 0.2) is 46.9 Å². The zero-order valence-electron chi connectivity index (χ0n) is 17.4. The van der Waals surface area contributed by atoms with Crippen LogP contribution in [0.1, 0.15) is 5.82 Å². The summed E-state index contributed by atoms with van der Waals surface area (Å²) in [5, 5.41) is 15.9. The lowest BCUT2D eigenvalue weighted by Gasteiger charge is -2.08. The molecule has 13 heteroatoms. The van der Waals surface area contributed by atoms with Crippen molar-refractivity contribution in [1.82, 2.24) is 19.7 Å². The van der Waals surface area contributed by atoms with Gasteiger partial charge in [-0.05, 0) is 36.4 Å². The highest BCUT2D eigenvalue weighted by molar-refractivity contribution is 7.99. The van der Waals surface area contributed by atoms with Crippen molar-refractivity contribution in [2.24, 2.45) is 7.05 Å². The van der Waals surface area contributed by atoms with Gasteiger partial charge in [-0.1, -0.05) is 58.2 Å². The number of amides is 1. The zero-order valence-corrected chi connectivity index (χ0v) is 22.0. The minimum absolute atomic E-state index is 0.131. The molecular formula is C21H15Cl4N5O2S2. The topological polar surface area (TPSA) is 81.9 Å². The minimum Gasteiger partial charge on any atom is -0.484 e. The molecule has 7 nitrogen and oxygen atoms in total. The van der Waals surface area contributed by atoms with Gasteiger partial charge < -0.3 is 14.6 Å². The third-order valence-corrected chi connectivity index (χ3v) is 7.32. The molecule has 0 aliphatic heterocycles. The fourth-order valence-electron chi connectivity index (χ4n) is 2.77. The predicted octanol–water partition coefficient (Wildman–Crippen LogP) is 6.86. The number of carbonyl (C=O) groups is 1. The molecule has 1 N–H and O–H groups in total. The van der Waals surface area contributed by atoms with Crippen LogP contribution in [0.3, 0.4) is 0 Å². The summed E-state index contributed by atoms with van der Waals surface area (Å²) < 4.78 is 7.46. The van der Waals surface area contributed by atoms with E-state index in [2.05, 4.69) is 20.5 Å². The number of nitrogens with one attached hydrogen (secondary N) is 1. The van der Waals surface area contributed by atoms with E-state index in [1.54, 1.807) is 48.0 Å². The van der Waals surface area contributed by atoms with Crippen LogP contribution in [0.25, 0.3) is 11.3 Å². The molecule has 0 fully saturated rings. The van der Waals surface area contributed by atoms with E-state index >= 15 is 0 Å². The van der Waals surface area contributed by atoms with E-state index < -0.39 is 0 Å². The molecule has 4 aromatic rings. The van der Waals surface area contributed by atoms with Gasteiger partial charge in [0.1, 0.15) is 12.4 Å². The average molecular weight is 575 g/mol. The molecule has 0 bridgehead atoms. The number of thiazole rings is 1. The number of nitrogens with zero attached hydrogens (tertiary/aromatic N) is 4. The minimum atomic E-state index is -0.221. The third-order valence-electron chi connectivity index (χ3n) is 4.47. The van der Waals surface area contributed by atoms with E-state index in [1.807, 2.05) is 5.38 Å². The summed E-state index contributed by atoms with van der Waals surface area (Å²) in [6.07, 6.45) is 0. The Morgan fingerprint density at radius 1 is 1.09 bits per heavy atom. The largest absolute Gasteiger partial charge is 0.484 e. The molecule has 1 amide bonds. The summed E-state index contributed by atoms with van der Waals surface area (Å²) in [7, 11) is 1.80. The molecule has 0 aliphatic carbocycles. The second-order valence-corrected chi connectivity index (χ2v) is 10.3. The van der Waals surface area contributed by atoms with E-state index in [0.717, 1.165) is 5.56 Å². The van der Waals surface area contributed by atoms with Crippen molar-refractivity contribution in [2.45, 2.75) is 11.8 Å². The first kappa shape index (κ1) is 25.1. The van der Waals surface area contributed by atoms with Crippen molar-refractivity contribution in [2.75, 3.05) is 11.1 Å². The van der Waals surface area contributed by atoms with Gasteiger partial charge in [0.15, 0.2) is 16.1 Å². The van der Waals surface area contributed by atoms with Crippen molar-refractivity contribution >= 4 is 80.5 Å². The molecule has 0 radical (unpaired) electrons. The van der Waals surface area contributed by atoms with Crippen molar-refractivity contribution in [3.63, 3.8) is 0 Å². The lowest BCUT2D eigenvalue weighted by Crippen LogP contribution is -2.14. The number of halogens is 4. The summed E-state index contributed by atoms with van der Waals surface area (Å²) in [5.74, 6) is 0.984. The van der Waals surface area contributed by atoms with Crippen LogP contribution in [-0.4, -0.2) is 31.4 Å². The number of thioether (sulfide) groups is 1. The van der Waals surface area contributed by atoms with Crippen LogP contribution in [0.2, 0.25) is 20.1 Å². The van der Waals surface area contributed by atoms with Gasteiger partial charge in [-0.3, -0.25) is 4.79 Å². The number of carbonyl (C=O) groups excluding carboxylic acids is 1. The maximum absolute atomic E-state index is 12.4. The number of rotatable bonds is 8. The van der Waals surface area contributed by atoms with Crippen LogP contribution < -0.4 is 10.1 Å². The summed E-state index contributed by atoms with van der Waals surface area (Å²) in [5.41, 5.74) is 1.40. The highest BCUT2D eigenvalue weighted by atomic mass is 35.5. The van der Waals surface area contributed by atoms with E-state index in [0.29, 0.717) is 47.6 Å². The van der Waals surface area contributed by atoms with Crippen LogP contribution >= 0.6 is 69.5 Å². The normalized spacial score (nSPS) is 11.0. The first-order valence-electron chi connectivity index (χ1n) is 9.60. The fraction of sp³-hybridized carbons (Fsp3) is 0.143. The molecule has 34 heavy (non-hydrogen) atoms. The molecule has 176 valence electrons. The van der Waals surface area contributed by atoms with Crippen molar-refractivity contribution < 1.29 is 9.53 Å². The third kappa shape index (κ3) is 6.16. The lowest BCUT2D eigenvalue weighted by atomic mass is 10.2. The van der Waals surface area contributed by atoms with Gasteiger partial charge in [0.25, 0.3) is 0 Å². The van der Waals surface area contributed by atoms with E-state index in [4.69, 9.17) is 51.1 Å². The van der Waals surface area contributed by atoms with Crippen LogP contribution in [0, 0.1) is 0 Å². The Morgan fingerprint density at radius 3 is 2.56 bits per heavy atom. The van der Waals surface area contributed by atoms with Gasteiger partial charge in [0.05, 0.1) is 21.5 Å². The number of hydrogen-bond donors (Lipinski definition) is 1. The Hall–Kier alpha value is -2.01. The van der Waals surface area contributed by atoms with E-state index in [1.165, 1.54) is 23.1 Å². The van der Waals surface area contributed by atoms with Gasteiger partial charge in [-0.2, -0.15) is 0 Å². The second kappa shape index (κ2) is 11.2. The maximum Gasteiger partial charge on any atom is 0.236 e. The van der Waals surface area contributed by atoms with E-state index in [9.17, 15) is 4.79 Å². The average Bonchev–Trinajstić information content (AvgIpc) is 3.38. The molecular weight excluding hydrogens is 560 g/mol. The van der Waals surface area contributed by atoms with Gasteiger partial charge in [0.2, 0.25) is 5.91 Å². The molecule has 0 atom stereocenters. The van der Waals surface area contributed by atoms with Crippen LogP contribution in [0.4, 0.5) is 5.13 Å². The summed E-state index contributed by atoms with van der Waals surface area (Å²) in [4.78, 5) is 16.9. The molecule has 2 aromatic heterocycles. The monoisotopic (exact) mass is 573 g/mol. The van der Waals surface area contributed by atoms with Gasteiger partial charge in [0, 0.05) is 28.0 Å². The fourth-order valence-corrected chi connectivity index (χ4v) is 5.19. The summed E-state index contributed by atoms with van der Waals surface area (Å²) in [6.45, 7) is 0.159. The van der Waals surface area contributed by atoms with Crippen LogP contribution in [0.5, 0.6) is 5.75 Å². The molecule has 0 aliphatic rings. The lowest BCUT2D eigenvalue weighted by molar-refractivity contribution is -0.113. The Morgan fingerprint density at radius 2 is 1.82 bits per heavy atom. The predicted molar refractivity (Wildman–Crippen MR) is 139 cm³/mol. The van der Waals surface area contributed by atoms with Crippen molar-refractivity contribution in [3.05, 3.63) is 67.7 Å². The molecule has 4 rings (SSSR count). The highest BCUT2D eigenvalue weighted by Crippen LogP contribution is 2.32. The Labute approximate surface area is 223 Å². The standard InChI is InChI=1S/C21H15Cl4N5O2S2/c1-30-18(8-32-17-5-3-12(23)7-15(17)25)28-29-21(30)34-10-19(31)27-20-26-16(9-33-20)13-4-2-11(22)6-14(13)24/h2-7,9H,8,10H2,1H3,(H,26,27,31). The Bertz CT molecular complexity index is 1340. The zero-order chi connectivity index (χ0) is 24.2. The number of ether oxygens (including phenoxy) is 1. The number of hydrogen-bond acceptors (Lipinski definition) is 7. The second-order valence-electron chi connectivity index (χ2n) is 6.82. The van der Waals surface area contributed by atoms with Gasteiger partial charge in [-0.15, -0.1) is 21.5 Å². The SMILES string of the molecule is Cn1c(COc2ccc(Cl)cc2Cl)nnc1SCC(=O)Nc1nc(-c2ccc(Cl)cc2Cl)cs1. The van der Waals surface area contributed by atoms with Gasteiger partial charge in [-0.25, -0.2) is 4.98 Å². The summed E-state index contributed by atoms with van der Waals surface area (Å²) in [6, 6.07) is 10.2. The number of anilines is 1. The molecule has 2 aromatic carbocycles. The molecule has 0 spiro atoms. The first-order chi connectivity index (χ1) is 16.3. The smallest absolute Gasteiger partial charge is 0.236 e. The summed E-state index contributed by atoms with van der Waals surface area (Å²) >= 11 is 26.8. The molecule has 0 saturated heterocycles. The molecule has 0 unspecified atom stereocenters. The van der Waals surface area contributed by atoms with Gasteiger partial charge >= 0.3 is 0 Å². The maximum atomic E-state index is 12.4. The van der Waals surface area contributed by atoms with Crippen molar-refractivity contribution in [1.29, 1.82) is 0 Å². The van der Waals surface area contributed by atoms with Crippen molar-refractivity contribution in [3.8, 4) is 17.0 Å². The number of benzene rings is 2. The molecule has 0 saturated carbocycles. The Kier molecular flexibility index (Phi) is 8.23. The van der Waals surface area contributed by atoms with E-state index in [-0.39, 0.29) is 18.3 Å². The molecule has 2 heterocycles. The quantitative estimate of drug-likeness (QED) is 0.231. The Balaban J connectivity index is 1.31. The highest BCUT2D eigenvalue weighted by Gasteiger charge is 2.15. The first-order valence-corrected chi connectivity index (χ1v) is 13.0.